The number of nitrogens with one attached hydrogen (secondary N) is 1. The summed E-state index contributed by atoms with van der Waals surface area (Å²) in [7, 11) is 0. The van der Waals surface area contributed by atoms with Crippen LogP contribution in [0.4, 0.5) is 11.5 Å². The maximum Gasteiger partial charge on any atom is 0.250 e. The zero-order chi connectivity index (χ0) is 18.3. The van der Waals surface area contributed by atoms with E-state index in [1.54, 1.807) is 23.1 Å². The van der Waals surface area contributed by atoms with Gasteiger partial charge in [0.05, 0.1) is 11.3 Å². The summed E-state index contributed by atoms with van der Waals surface area (Å²) in [6.45, 7) is 6.24. The number of benzene rings is 1. The van der Waals surface area contributed by atoms with Gasteiger partial charge in [0.25, 0.3) is 5.95 Å². The van der Waals surface area contributed by atoms with Crippen LogP contribution >= 0.6 is 0 Å². The SMILES string of the molecule is Cc1ccc(Nc2nn(-c3ncccn3)c3c2C(=O)CC(C)(C)C3)cc1. The number of carbonyl (C=O) groups excluding carboxylic acids is 1. The number of hydrogen-bond donors (Lipinski definition) is 1. The minimum absolute atomic E-state index is 0.105. The van der Waals surface area contributed by atoms with E-state index in [0.29, 0.717) is 23.8 Å². The maximum absolute atomic E-state index is 12.9. The predicted molar refractivity (Wildman–Crippen MR) is 100 cm³/mol. The third-order valence-corrected chi connectivity index (χ3v) is 4.60. The van der Waals surface area contributed by atoms with Gasteiger partial charge in [-0.05, 0) is 37.0 Å². The van der Waals surface area contributed by atoms with Crippen molar-refractivity contribution in [1.82, 2.24) is 19.7 Å². The first-order valence-corrected chi connectivity index (χ1v) is 8.69. The molecule has 132 valence electrons. The standard InChI is InChI=1S/C20H21N5O/c1-13-5-7-14(8-6-13)23-18-17-15(11-20(2,3)12-16(17)26)25(24-18)19-21-9-4-10-22-19/h4-10H,11-12H2,1-3H3,(H,23,24). The number of carbonyl (C=O) groups is 1. The Morgan fingerprint density at radius 2 is 1.77 bits per heavy atom. The third-order valence-electron chi connectivity index (χ3n) is 4.60. The second kappa shape index (κ2) is 6.05. The molecule has 0 unspecified atom stereocenters. The first kappa shape index (κ1) is 16.4. The molecule has 4 rings (SSSR count). The minimum Gasteiger partial charge on any atom is -0.338 e. The molecule has 0 fully saturated rings. The molecule has 6 nitrogen and oxygen atoms in total. The number of hydrogen-bond acceptors (Lipinski definition) is 5. The van der Waals surface area contributed by atoms with Crippen LogP contribution in [0.2, 0.25) is 0 Å². The van der Waals surface area contributed by atoms with Crippen molar-refractivity contribution in [1.29, 1.82) is 0 Å². The van der Waals surface area contributed by atoms with Gasteiger partial charge in [0.1, 0.15) is 0 Å². The minimum atomic E-state index is -0.113. The molecule has 0 atom stereocenters. The zero-order valence-corrected chi connectivity index (χ0v) is 15.2. The molecule has 2 aromatic heterocycles. The fraction of sp³-hybridized carbons (Fsp3) is 0.300. The van der Waals surface area contributed by atoms with E-state index in [1.165, 1.54) is 5.56 Å². The van der Waals surface area contributed by atoms with Gasteiger partial charge in [-0.3, -0.25) is 4.79 Å². The van der Waals surface area contributed by atoms with Crippen molar-refractivity contribution < 1.29 is 4.79 Å². The second-order valence-corrected chi connectivity index (χ2v) is 7.56. The van der Waals surface area contributed by atoms with E-state index in [4.69, 9.17) is 0 Å². The highest BCUT2D eigenvalue weighted by Crippen LogP contribution is 2.39. The average Bonchev–Trinajstić information content (AvgIpc) is 2.95. The number of aromatic nitrogens is 4. The molecule has 0 bridgehead atoms. The number of aryl methyl sites for hydroxylation is 1. The quantitative estimate of drug-likeness (QED) is 0.778. The summed E-state index contributed by atoms with van der Waals surface area (Å²) in [5, 5.41) is 7.95. The van der Waals surface area contributed by atoms with Gasteiger partial charge >= 0.3 is 0 Å². The lowest BCUT2D eigenvalue weighted by atomic mass is 9.76. The normalized spacial score (nSPS) is 15.6. The summed E-state index contributed by atoms with van der Waals surface area (Å²) in [6, 6.07) is 9.78. The van der Waals surface area contributed by atoms with Crippen LogP contribution in [0, 0.1) is 12.3 Å². The van der Waals surface area contributed by atoms with E-state index in [0.717, 1.165) is 17.8 Å². The summed E-state index contributed by atoms with van der Waals surface area (Å²) in [6.07, 6.45) is 4.61. The highest BCUT2D eigenvalue weighted by Gasteiger charge is 2.37. The van der Waals surface area contributed by atoms with Crippen LogP contribution in [0.25, 0.3) is 5.95 Å². The Balaban J connectivity index is 1.84. The second-order valence-electron chi connectivity index (χ2n) is 7.56. The topological polar surface area (TPSA) is 72.7 Å². The molecule has 6 heteroatoms. The lowest BCUT2D eigenvalue weighted by Gasteiger charge is -2.28. The molecule has 0 saturated heterocycles. The highest BCUT2D eigenvalue weighted by molar-refractivity contribution is 6.03. The lowest BCUT2D eigenvalue weighted by Crippen LogP contribution is -2.28. The van der Waals surface area contributed by atoms with Gasteiger partial charge in [0.15, 0.2) is 11.6 Å². The van der Waals surface area contributed by atoms with E-state index in [-0.39, 0.29) is 11.2 Å². The van der Waals surface area contributed by atoms with E-state index in [9.17, 15) is 4.79 Å². The summed E-state index contributed by atoms with van der Waals surface area (Å²) < 4.78 is 1.70. The van der Waals surface area contributed by atoms with Crippen LogP contribution in [-0.2, 0) is 6.42 Å². The van der Waals surface area contributed by atoms with Gasteiger partial charge in [-0.15, -0.1) is 5.10 Å². The van der Waals surface area contributed by atoms with Gasteiger partial charge in [0, 0.05) is 24.5 Å². The number of Topliss-reactive ketones (excluding diaryl/α,β-unsaturated/α-hetero) is 1. The van der Waals surface area contributed by atoms with Gasteiger partial charge in [-0.2, -0.15) is 0 Å². The van der Waals surface area contributed by atoms with Gasteiger partial charge in [-0.25, -0.2) is 14.6 Å². The molecule has 1 aliphatic rings. The summed E-state index contributed by atoms with van der Waals surface area (Å²) in [4.78, 5) is 21.5. The van der Waals surface area contributed by atoms with Crippen LogP contribution in [0.5, 0.6) is 0 Å². The van der Waals surface area contributed by atoms with Crippen molar-refractivity contribution in [2.45, 2.75) is 33.6 Å². The number of nitrogens with zero attached hydrogens (tertiary/aromatic N) is 4. The Morgan fingerprint density at radius 1 is 1.08 bits per heavy atom. The Kier molecular flexibility index (Phi) is 3.83. The molecular formula is C20H21N5O. The van der Waals surface area contributed by atoms with Crippen molar-refractivity contribution in [3.8, 4) is 5.95 Å². The number of ketones is 1. The molecule has 3 aromatic rings. The molecule has 26 heavy (non-hydrogen) atoms. The average molecular weight is 347 g/mol. The highest BCUT2D eigenvalue weighted by atomic mass is 16.1. The van der Waals surface area contributed by atoms with Crippen molar-refractivity contribution in [2.75, 3.05) is 5.32 Å². The molecular weight excluding hydrogens is 326 g/mol. The van der Waals surface area contributed by atoms with Crippen LogP contribution < -0.4 is 5.32 Å². The first-order valence-electron chi connectivity index (χ1n) is 8.69. The van der Waals surface area contributed by atoms with Crippen LogP contribution in [0.1, 0.15) is 41.9 Å². The Labute approximate surface area is 152 Å². The van der Waals surface area contributed by atoms with E-state index < -0.39 is 0 Å². The first-order chi connectivity index (χ1) is 12.4. The van der Waals surface area contributed by atoms with Gasteiger partial charge < -0.3 is 5.32 Å². The molecule has 0 radical (unpaired) electrons. The van der Waals surface area contributed by atoms with Gasteiger partial charge in [0.2, 0.25) is 0 Å². The monoisotopic (exact) mass is 347 g/mol. The number of rotatable bonds is 3. The fourth-order valence-corrected chi connectivity index (χ4v) is 3.38. The van der Waals surface area contributed by atoms with Crippen LogP contribution in [0.3, 0.4) is 0 Å². The Bertz CT molecular complexity index is 958. The zero-order valence-electron chi connectivity index (χ0n) is 15.2. The molecule has 0 saturated carbocycles. The van der Waals surface area contributed by atoms with Gasteiger partial charge in [-0.1, -0.05) is 31.5 Å². The Morgan fingerprint density at radius 3 is 2.46 bits per heavy atom. The van der Waals surface area contributed by atoms with Crippen LogP contribution in [0.15, 0.2) is 42.7 Å². The molecule has 0 aliphatic heterocycles. The van der Waals surface area contributed by atoms with Crippen molar-refractivity contribution >= 4 is 17.3 Å². The molecule has 1 N–H and O–H groups in total. The largest absolute Gasteiger partial charge is 0.338 e. The lowest BCUT2D eigenvalue weighted by molar-refractivity contribution is 0.0911. The third kappa shape index (κ3) is 2.98. The summed E-state index contributed by atoms with van der Waals surface area (Å²) in [5.74, 6) is 1.15. The molecule has 0 spiro atoms. The fourth-order valence-electron chi connectivity index (χ4n) is 3.38. The molecule has 2 heterocycles. The molecule has 1 aliphatic carbocycles. The van der Waals surface area contributed by atoms with E-state index in [1.807, 2.05) is 31.2 Å². The smallest absolute Gasteiger partial charge is 0.250 e. The number of anilines is 2. The van der Waals surface area contributed by atoms with Crippen LogP contribution in [-0.4, -0.2) is 25.5 Å². The van der Waals surface area contributed by atoms with Crippen molar-refractivity contribution in [3.05, 3.63) is 59.5 Å². The van der Waals surface area contributed by atoms with Crippen molar-refractivity contribution in [2.24, 2.45) is 5.41 Å². The maximum atomic E-state index is 12.9. The predicted octanol–water partition coefficient (Wildman–Crippen LogP) is 3.87. The Hall–Kier alpha value is -3.02. The summed E-state index contributed by atoms with van der Waals surface area (Å²) in [5.41, 5.74) is 3.48. The van der Waals surface area contributed by atoms with Crippen molar-refractivity contribution in [3.63, 3.8) is 0 Å². The molecule has 0 amide bonds. The van der Waals surface area contributed by atoms with E-state index in [2.05, 4.69) is 34.2 Å². The summed E-state index contributed by atoms with van der Waals surface area (Å²) >= 11 is 0. The van der Waals surface area contributed by atoms with E-state index >= 15 is 0 Å². The molecule has 1 aromatic carbocycles. The number of fused-ring (bicyclic) bond motifs is 1.